The molecule has 2 rings (SSSR count). The van der Waals surface area contributed by atoms with Crippen LogP contribution in [-0.4, -0.2) is 23.4 Å². The van der Waals surface area contributed by atoms with Gasteiger partial charge in [0.2, 0.25) is 0 Å². The van der Waals surface area contributed by atoms with Crippen molar-refractivity contribution in [3.63, 3.8) is 0 Å². The SMILES string of the molecule is O=C(COC(=O)Cc1ccccc1[N+](=O)[O-])Nc1ccc(F)c(F)c1. The maximum Gasteiger partial charge on any atom is 0.311 e. The van der Waals surface area contributed by atoms with Crippen molar-refractivity contribution in [3.05, 3.63) is 69.8 Å². The number of amides is 1. The van der Waals surface area contributed by atoms with Gasteiger partial charge in [0.1, 0.15) is 0 Å². The molecular weight excluding hydrogens is 338 g/mol. The average Bonchev–Trinajstić information content (AvgIpc) is 2.57. The molecule has 130 valence electrons. The number of ether oxygens (including phenoxy) is 1. The number of nitro groups is 1. The lowest BCUT2D eigenvalue weighted by Gasteiger charge is -2.07. The summed E-state index contributed by atoms with van der Waals surface area (Å²) in [5.41, 5.74) is -0.0807. The second-order valence-electron chi connectivity index (χ2n) is 4.90. The summed E-state index contributed by atoms with van der Waals surface area (Å²) in [6, 6.07) is 8.41. The minimum Gasteiger partial charge on any atom is -0.455 e. The molecule has 0 atom stereocenters. The van der Waals surface area contributed by atoms with E-state index in [9.17, 15) is 28.5 Å². The number of nitrogens with zero attached hydrogens (tertiary/aromatic N) is 1. The zero-order chi connectivity index (χ0) is 18.4. The van der Waals surface area contributed by atoms with Crippen molar-refractivity contribution in [1.29, 1.82) is 0 Å². The molecule has 0 aliphatic heterocycles. The Hall–Kier alpha value is -3.36. The molecule has 2 aromatic carbocycles. The Morgan fingerprint density at radius 1 is 1.12 bits per heavy atom. The first-order chi connectivity index (χ1) is 11.9. The molecular formula is C16H12F2N2O5. The average molecular weight is 350 g/mol. The topological polar surface area (TPSA) is 98.5 Å². The molecule has 0 saturated carbocycles. The van der Waals surface area contributed by atoms with Gasteiger partial charge in [0.05, 0.1) is 11.3 Å². The Labute approximate surface area is 140 Å². The zero-order valence-corrected chi connectivity index (χ0v) is 12.7. The summed E-state index contributed by atoms with van der Waals surface area (Å²) < 4.78 is 30.5. The molecule has 1 N–H and O–H groups in total. The van der Waals surface area contributed by atoms with Crippen molar-refractivity contribution in [2.24, 2.45) is 0 Å². The lowest BCUT2D eigenvalue weighted by Crippen LogP contribution is -2.21. The molecule has 0 radical (unpaired) electrons. The summed E-state index contributed by atoms with van der Waals surface area (Å²) in [4.78, 5) is 33.6. The second kappa shape index (κ2) is 7.95. The van der Waals surface area contributed by atoms with Gasteiger partial charge < -0.3 is 10.1 Å². The summed E-state index contributed by atoms with van der Waals surface area (Å²) in [6.07, 6.45) is -0.379. The fraction of sp³-hybridized carbons (Fsp3) is 0.125. The largest absolute Gasteiger partial charge is 0.455 e. The van der Waals surface area contributed by atoms with Crippen LogP contribution in [0.4, 0.5) is 20.2 Å². The first-order valence-electron chi connectivity index (χ1n) is 6.99. The Balaban J connectivity index is 1.88. The monoisotopic (exact) mass is 350 g/mol. The molecule has 7 nitrogen and oxygen atoms in total. The van der Waals surface area contributed by atoms with Gasteiger partial charge in [-0.2, -0.15) is 0 Å². The van der Waals surface area contributed by atoms with Gasteiger partial charge in [-0.05, 0) is 12.1 Å². The van der Waals surface area contributed by atoms with Crippen LogP contribution in [0.2, 0.25) is 0 Å². The molecule has 0 spiro atoms. The third-order valence-electron chi connectivity index (χ3n) is 3.09. The van der Waals surface area contributed by atoms with Crippen LogP contribution in [0.15, 0.2) is 42.5 Å². The minimum absolute atomic E-state index is 0.00125. The van der Waals surface area contributed by atoms with Crippen LogP contribution < -0.4 is 5.32 Å². The molecule has 2 aromatic rings. The van der Waals surface area contributed by atoms with E-state index in [1.54, 1.807) is 0 Å². The predicted molar refractivity (Wildman–Crippen MR) is 82.7 cm³/mol. The van der Waals surface area contributed by atoms with E-state index < -0.39 is 35.0 Å². The van der Waals surface area contributed by atoms with Crippen molar-refractivity contribution < 1.29 is 28.0 Å². The van der Waals surface area contributed by atoms with Crippen molar-refractivity contribution in [1.82, 2.24) is 0 Å². The number of halogens is 2. The summed E-state index contributed by atoms with van der Waals surface area (Å²) in [6.45, 7) is -0.668. The van der Waals surface area contributed by atoms with Crippen LogP contribution in [0.1, 0.15) is 5.56 Å². The molecule has 0 unspecified atom stereocenters. The number of nitro benzene ring substituents is 1. The highest BCUT2D eigenvalue weighted by Gasteiger charge is 2.17. The van der Waals surface area contributed by atoms with Gasteiger partial charge in [-0.1, -0.05) is 18.2 Å². The molecule has 9 heteroatoms. The first-order valence-corrected chi connectivity index (χ1v) is 6.99. The van der Waals surface area contributed by atoms with Crippen LogP contribution >= 0.6 is 0 Å². The molecule has 0 heterocycles. The molecule has 0 saturated heterocycles. The molecule has 0 aliphatic carbocycles. The standard InChI is InChI=1S/C16H12F2N2O5/c17-12-6-5-11(8-13(12)18)19-15(21)9-25-16(22)7-10-3-1-2-4-14(10)20(23)24/h1-6,8H,7,9H2,(H,19,21). The normalized spacial score (nSPS) is 10.2. The maximum absolute atomic E-state index is 13.0. The fourth-order valence-electron chi connectivity index (χ4n) is 1.96. The lowest BCUT2D eigenvalue weighted by atomic mass is 10.1. The van der Waals surface area contributed by atoms with E-state index in [0.29, 0.717) is 0 Å². The third kappa shape index (κ3) is 5.06. The highest BCUT2D eigenvalue weighted by atomic mass is 19.2. The third-order valence-corrected chi connectivity index (χ3v) is 3.09. The Kier molecular flexibility index (Phi) is 5.72. The highest BCUT2D eigenvalue weighted by Crippen LogP contribution is 2.18. The van der Waals surface area contributed by atoms with E-state index in [-0.39, 0.29) is 23.4 Å². The van der Waals surface area contributed by atoms with Crippen LogP contribution in [0.25, 0.3) is 0 Å². The summed E-state index contributed by atoms with van der Waals surface area (Å²) >= 11 is 0. The molecule has 1 amide bonds. The number of carbonyl (C=O) groups excluding carboxylic acids is 2. The van der Waals surface area contributed by atoms with Gasteiger partial charge in [0, 0.05) is 23.4 Å². The number of rotatable bonds is 6. The molecule has 25 heavy (non-hydrogen) atoms. The van der Waals surface area contributed by atoms with Crippen LogP contribution in [0, 0.1) is 21.7 Å². The van der Waals surface area contributed by atoms with Gasteiger partial charge in [-0.3, -0.25) is 19.7 Å². The number of esters is 1. The lowest BCUT2D eigenvalue weighted by molar-refractivity contribution is -0.385. The number of nitrogens with one attached hydrogen (secondary N) is 1. The Bertz CT molecular complexity index is 826. The fourth-order valence-corrected chi connectivity index (χ4v) is 1.96. The van der Waals surface area contributed by atoms with Gasteiger partial charge >= 0.3 is 5.97 Å². The number of anilines is 1. The maximum atomic E-state index is 13.0. The van der Waals surface area contributed by atoms with E-state index in [1.807, 2.05) is 0 Å². The molecule has 0 fully saturated rings. The number of benzene rings is 2. The zero-order valence-electron chi connectivity index (χ0n) is 12.7. The summed E-state index contributed by atoms with van der Waals surface area (Å²) in [5, 5.41) is 13.1. The number of para-hydroxylation sites is 1. The van der Waals surface area contributed by atoms with Crippen LogP contribution in [-0.2, 0) is 20.7 Å². The van der Waals surface area contributed by atoms with Crippen LogP contribution in [0.5, 0.6) is 0 Å². The highest BCUT2D eigenvalue weighted by molar-refractivity contribution is 5.92. The minimum atomic E-state index is -1.13. The van der Waals surface area contributed by atoms with E-state index in [1.165, 1.54) is 24.3 Å². The van der Waals surface area contributed by atoms with Gasteiger partial charge in [-0.15, -0.1) is 0 Å². The smallest absolute Gasteiger partial charge is 0.311 e. The predicted octanol–water partition coefficient (Wildman–Crippen LogP) is 2.60. The van der Waals surface area contributed by atoms with Gasteiger partial charge in [-0.25, -0.2) is 8.78 Å². The molecule has 0 bridgehead atoms. The van der Waals surface area contributed by atoms with Crippen molar-refractivity contribution in [3.8, 4) is 0 Å². The quantitative estimate of drug-likeness (QED) is 0.490. The Morgan fingerprint density at radius 3 is 2.52 bits per heavy atom. The van der Waals surface area contributed by atoms with Gasteiger partial charge in [0.15, 0.2) is 18.2 Å². The second-order valence-corrected chi connectivity index (χ2v) is 4.90. The molecule has 0 aromatic heterocycles. The van der Waals surface area contributed by atoms with E-state index in [4.69, 9.17) is 4.74 Å². The number of hydrogen-bond acceptors (Lipinski definition) is 5. The van der Waals surface area contributed by atoms with E-state index in [0.717, 1.165) is 18.2 Å². The number of hydrogen-bond donors (Lipinski definition) is 1. The molecule has 0 aliphatic rings. The number of carbonyl (C=O) groups is 2. The van der Waals surface area contributed by atoms with Gasteiger partial charge in [0.25, 0.3) is 11.6 Å². The van der Waals surface area contributed by atoms with Crippen molar-refractivity contribution in [2.45, 2.75) is 6.42 Å². The van der Waals surface area contributed by atoms with E-state index in [2.05, 4.69) is 5.32 Å². The van der Waals surface area contributed by atoms with Crippen molar-refractivity contribution >= 4 is 23.3 Å². The summed E-state index contributed by atoms with van der Waals surface area (Å²) in [7, 11) is 0. The van der Waals surface area contributed by atoms with Crippen LogP contribution in [0.3, 0.4) is 0 Å². The first kappa shape index (κ1) is 18.0. The van der Waals surface area contributed by atoms with E-state index >= 15 is 0 Å². The Morgan fingerprint density at radius 2 is 1.84 bits per heavy atom. The van der Waals surface area contributed by atoms with Crippen molar-refractivity contribution in [2.75, 3.05) is 11.9 Å². The summed E-state index contributed by atoms with van der Waals surface area (Å²) in [5.74, 6) is -3.79.